The summed E-state index contributed by atoms with van der Waals surface area (Å²) in [5, 5.41) is 2.70. The van der Waals surface area contributed by atoms with Crippen molar-refractivity contribution in [2.45, 2.75) is 18.4 Å². The van der Waals surface area contributed by atoms with Crippen LogP contribution in [0.5, 0.6) is 0 Å². The summed E-state index contributed by atoms with van der Waals surface area (Å²) in [6, 6.07) is 13.1. The summed E-state index contributed by atoms with van der Waals surface area (Å²) in [5.74, 6) is -2.17. The molecular weight excluding hydrogens is 452 g/mol. The van der Waals surface area contributed by atoms with Crippen molar-refractivity contribution < 1.29 is 18.4 Å². The molecule has 4 aromatic rings. The number of amides is 2. The Hall–Kier alpha value is -4.27. The topological polar surface area (TPSA) is 104 Å². The zero-order valence-electron chi connectivity index (χ0n) is 18.7. The number of hydrogen-bond acceptors (Lipinski definition) is 4. The third kappa shape index (κ3) is 4.32. The number of nitrogens with two attached hydrogens (primary N) is 1. The van der Waals surface area contributed by atoms with Crippen molar-refractivity contribution in [1.82, 2.24) is 20.2 Å². The molecule has 2 aromatic carbocycles. The number of anilines is 1. The fourth-order valence-corrected chi connectivity index (χ4v) is 4.61. The number of nitrogens with one attached hydrogen (secondary N) is 2. The first-order valence-corrected chi connectivity index (χ1v) is 11.2. The Kier molecular flexibility index (Phi) is 5.90. The van der Waals surface area contributed by atoms with Crippen LogP contribution in [0.2, 0.25) is 0 Å². The third-order valence-electron chi connectivity index (χ3n) is 6.43. The standard InChI is InChI=1S/C26H23F2N5O2/c27-19-5-6-20(28)24-18(19)13-22(31-24)25(34)32-23(15-7-10-30-11-8-15)26(35)33-12-9-16(14-33)17-3-1-2-4-21(17)29/h1-8,10-11,13,16,23,31H,9,12,14,29H2,(H,32,34). The van der Waals surface area contributed by atoms with Crippen molar-refractivity contribution in [2.24, 2.45) is 0 Å². The molecule has 2 atom stereocenters. The molecule has 0 saturated carbocycles. The van der Waals surface area contributed by atoms with E-state index in [1.54, 1.807) is 17.0 Å². The minimum absolute atomic E-state index is 0.0372. The Balaban J connectivity index is 1.40. The second kappa shape index (κ2) is 9.17. The highest BCUT2D eigenvalue weighted by Gasteiger charge is 2.34. The van der Waals surface area contributed by atoms with Gasteiger partial charge in [0.2, 0.25) is 5.91 Å². The fourth-order valence-electron chi connectivity index (χ4n) is 4.61. The van der Waals surface area contributed by atoms with Crippen LogP contribution < -0.4 is 11.1 Å². The number of carbonyl (C=O) groups is 2. The van der Waals surface area contributed by atoms with Crippen LogP contribution in [-0.4, -0.2) is 39.8 Å². The van der Waals surface area contributed by atoms with E-state index in [0.29, 0.717) is 24.3 Å². The number of para-hydroxylation sites is 1. The van der Waals surface area contributed by atoms with Crippen molar-refractivity contribution in [1.29, 1.82) is 0 Å². The highest BCUT2D eigenvalue weighted by molar-refractivity contribution is 6.00. The Morgan fingerprint density at radius 1 is 1.09 bits per heavy atom. The van der Waals surface area contributed by atoms with E-state index < -0.39 is 23.6 Å². The summed E-state index contributed by atoms with van der Waals surface area (Å²) in [5.41, 5.74) is 8.21. The largest absolute Gasteiger partial charge is 0.398 e. The second-order valence-electron chi connectivity index (χ2n) is 8.59. The van der Waals surface area contributed by atoms with Gasteiger partial charge in [-0.05, 0) is 53.9 Å². The predicted molar refractivity (Wildman–Crippen MR) is 127 cm³/mol. The summed E-state index contributed by atoms with van der Waals surface area (Å²) >= 11 is 0. The Labute approximate surface area is 200 Å². The van der Waals surface area contributed by atoms with Gasteiger partial charge in [0.1, 0.15) is 23.4 Å². The monoisotopic (exact) mass is 475 g/mol. The van der Waals surface area contributed by atoms with Crippen molar-refractivity contribution >= 4 is 28.4 Å². The van der Waals surface area contributed by atoms with Crippen LogP contribution in [0.25, 0.3) is 10.9 Å². The van der Waals surface area contributed by atoms with E-state index in [2.05, 4.69) is 15.3 Å². The number of nitrogen functional groups attached to an aromatic ring is 1. The van der Waals surface area contributed by atoms with E-state index in [1.165, 1.54) is 18.5 Å². The van der Waals surface area contributed by atoms with Crippen LogP contribution in [-0.2, 0) is 4.79 Å². The van der Waals surface area contributed by atoms with Crippen molar-refractivity contribution in [3.05, 3.63) is 95.4 Å². The number of H-pyrrole nitrogens is 1. The second-order valence-corrected chi connectivity index (χ2v) is 8.59. The van der Waals surface area contributed by atoms with Crippen LogP contribution in [0.15, 0.2) is 67.0 Å². The van der Waals surface area contributed by atoms with Gasteiger partial charge >= 0.3 is 0 Å². The molecule has 3 heterocycles. The third-order valence-corrected chi connectivity index (χ3v) is 6.43. The predicted octanol–water partition coefficient (Wildman–Crippen LogP) is 3.91. The molecule has 1 saturated heterocycles. The van der Waals surface area contributed by atoms with Crippen LogP contribution in [0.3, 0.4) is 0 Å². The zero-order chi connectivity index (χ0) is 24.5. The first kappa shape index (κ1) is 22.5. The quantitative estimate of drug-likeness (QED) is 0.381. The SMILES string of the molecule is Nc1ccccc1C1CCN(C(=O)C(NC(=O)c2cc3c(F)ccc(F)c3[nH]2)c2ccncc2)C1. The summed E-state index contributed by atoms with van der Waals surface area (Å²) < 4.78 is 28.2. The van der Waals surface area contributed by atoms with E-state index in [9.17, 15) is 18.4 Å². The van der Waals surface area contributed by atoms with Gasteiger partial charge in [0.25, 0.3) is 5.91 Å². The normalized spacial score (nSPS) is 16.4. The molecule has 5 rings (SSSR count). The first-order valence-electron chi connectivity index (χ1n) is 11.2. The van der Waals surface area contributed by atoms with Gasteiger partial charge in [0.15, 0.2) is 0 Å². The maximum Gasteiger partial charge on any atom is 0.268 e. The van der Waals surface area contributed by atoms with Gasteiger partial charge < -0.3 is 20.9 Å². The lowest BCUT2D eigenvalue weighted by molar-refractivity contribution is -0.132. The highest BCUT2D eigenvalue weighted by Crippen LogP contribution is 2.32. The maximum absolute atomic E-state index is 14.1. The van der Waals surface area contributed by atoms with Gasteiger partial charge in [-0.1, -0.05) is 18.2 Å². The number of rotatable bonds is 5. The van der Waals surface area contributed by atoms with Crippen molar-refractivity contribution in [3.8, 4) is 0 Å². The summed E-state index contributed by atoms with van der Waals surface area (Å²) in [6.45, 7) is 0.978. The molecule has 2 unspecified atom stereocenters. The number of hydrogen-bond donors (Lipinski definition) is 3. The molecule has 0 radical (unpaired) electrons. The Morgan fingerprint density at radius 2 is 1.83 bits per heavy atom. The smallest absolute Gasteiger partial charge is 0.268 e. The number of fused-ring (bicyclic) bond motifs is 1. The molecule has 0 aliphatic carbocycles. The number of halogens is 2. The number of carbonyl (C=O) groups excluding carboxylic acids is 2. The lowest BCUT2D eigenvalue weighted by Crippen LogP contribution is -2.42. The molecule has 2 aromatic heterocycles. The van der Waals surface area contributed by atoms with Gasteiger partial charge in [0.05, 0.1) is 5.52 Å². The molecule has 0 spiro atoms. The number of pyridine rings is 1. The minimum Gasteiger partial charge on any atom is -0.398 e. The highest BCUT2D eigenvalue weighted by atomic mass is 19.1. The molecular formula is C26H23F2N5O2. The van der Waals surface area contributed by atoms with E-state index in [4.69, 9.17) is 5.73 Å². The fraction of sp³-hybridized carbons (Fsp3) is 0.192. The lowest BCUT2D eigenvalue weighted by atomic mass is 9.97. The van der Waals surface area contributed by atoms with E-state index in [1.807, 2.05) is 24.3 Å². The molecule has 4 N–H and O–H groups in total. The van der Waals surface area contributed by atoms with Gasteiger partial charge in [-0.25, -0.2) is 8.78 Å². The van der Waals surface area contributed by atoms with E-state index >= 15 is 0 Å². The average molecular weight is 475 g/mol. The number of benzene rings is 2. The van der Waals surface area contributed by atoms with Gasteiger partial charge in [-0.2, -0.15) is 0 Å². The molecule has 7 nitrogen and oxygen atoms in total. The maximum atomic E-state index is 14.1. The van der Waals surface area contributed by atoms with Crippen LogP contribution in [0, 0.1) is 11.6 Å². The summed E-state index contributed by atoms with van der Waals surface area (Å²) in [6.07, 6.45) is 3.82. The van der Waals surface area contributed by atoms with Crippen LogP contribution in [0.1, 0.15) is 40.0 Å². The first-order chi connectivity index (χ1) is 16.9. The van der Waals surface area contributed by atoms with E-state index in [-0.39, 0.29) is 28.4 Å². The summed E-state index contributed by atoms with van der Waals surface area (Å²) in [7, 11) is 0. The molecule has 2 amide bonds. The zero-order valence-corrected chi connectivity index (χ0v) is 18.7. The van der Waals surface area contributed by atoms with Gasteiger partial charge in [-0.15, -0.1) is 0 Å². The Morgan fingerprint density at radius 3 is 2.57 bits per heavy atom. The van der Waals surface area contributed by atoms with Crippen LogP contribution >= 0.6 is 0 Å². The molecule has 0 bridgehead atoms. The molecule has 1 aliphatic rings. The molecule has 178 valence electrons. The molecule has 1 aliphatic heterocycles. The van der Waals surface area contributed by atoms with Crippen molar-refractivity contribution in [3.63, 3.8) is 0 Å². The van der Waals surface area contributed by atoms with Crippen LogP contribution in [0.4, 0.5) is 14.5 Å². The lowest BCUT2D eigenvalue weighted by Gasteiger charge is -2.25. The minimum atomic E-state index is -1.00. The number of aromatic amines is 1. The molecule has 35 heavy (non-hydrogen) atoms. The average Bonchev–Trinajstić information content (AvgIpc) is 3.54. The van der Waals surface area contributed by atoms with E-state index in [0.717, 1.165) is 24.1 Å². The van der Waals surface area contributed by atoms with Gasteiger partial charge in [-0.3, -0.25) is 14.6 Å². The molecule has 1 fully saturated rings. The summed E-state index contributed by atoms with van der Waals surface area (Å²) in [4.78, 5) is 35.0. The number of nitrogens with zero attached hydrogens (tertiary/aromatic N) is 2. The molecule has 9 heteroatoms. The van der Waals surface area contributed by atoms with Gasteiger partial charge in [0, 0.05) is 42.5 Å². The van der Waals surface area contributed by atoms with Crippen molar-refractivity contribution in [2.75, 3.05) is 18.8 Å². The number of likely N-dealkylation sites (tertiary alicyclic amines) is 1. The Bertz CT molecular complexity index is 1370. The number of aromatic nitrogens is 2.